The number of rotatable bonds is 4. The lowest BCUT2D eigenvalue weighted by atomic mass is 10.0. The van der Waals surface area contributed by atoms with Crippen LogP contribution in [0.25, 0.3) is 0 Å². The van der Waals surface area contributed by atoms with Gasteiger partial charge in [-0.2, -0.15) is 0 Å². The Morgan fingerprint density at radius 3 is 3.00 bits per heavy atom. The lowest BCUT2D eigenvalue weighted by molar-refractivity contribution is 0.505. The second-order valence-electron chi connectivity index (χ2n) is 3.17. The Balaban J connectivity index is 2.41. The molecule has 0 aromatic rings. The van der Waals surface area contributed by atoms with Crippen molar-refractivity contribution >= 4 is 0 Å². The molecule has 0 amide bonds. The summed E-state index contributed by atoms with van der Waals surface area (Å²) in [4.78, 5) is 0. The summed E-state index contributed by atoms with van der Waals surface area (Å²) in [5.41, 5.74) is 1.32. The molecule has 0 aromatic heterocycles. The van der Waals surface area contributed by atoms with Gasteiger partial charge < -0.3 is 5.32 Å². The summed E-state index contributed by atoms with van der Waals surface area (Å²) in [6, 6.07) is 0.599. The Hall–Kier alpha value is -0.980. The van der Waals surface area contributed by atoms with E-state index in [0.29, 0.717) is 6.04 Å². The van der Waals surface area contributed by atoms with E-state index in [-0.39, 0.29) is 0 Å². The Kier molecular flexibility index (Phi) is 3.65. The average molecular weight is 163 g/mol. The molecule has 1 aliphatic rings. The van der Waals surface area contributed by atoms with Gasteiger partial charge in [-0.05, 0) is 19.3 Å². The first-order valence-electron chi connectivity index (χ1n) is 4.54. The molecule has 1 unspecified atom stereocenters. The number of hydrogen-bond donors (Lipinski definition) is 1. The van der Waals surface area contributed by atoms with E-state index in [1.54, 1.807) is 0 Å². The fourth-order valence-corrected chi connectivity index (χ4v) is 1.53. The van der Waals surface area contributed by atoms with Crippen molar-refractivity contribution in [1.82, 2.24) is 5.32 Å². The number of hydrogen-bond acceptors (Lipinski definition) is 1. The van der Waals surface area contributed by atoms with Crippen molar-refractivity contribution in [3.8, 4) is 0 Å². The SMILES string of the molecule is C=CCC1=CCCC(CC=C)N1. The van der Waals surface area contributed by atoms with Crippen LogP contribution in [-0.4, -0.2) is 6.04 Å². The van der Waals surface area contributed by atoms with Crippen LogP contribution in [0.2, 0.25) is 0 Å². The Morgan fingerprint density at radius 1 is 1.50 bits per heavy atom. The van der Waals surface area contributed by atoms with Crippen LogP contribution in [0.3, 0.4) is 0 Å². The zero-order valence-electron chi connectivity index (χ0n) is 7.55. The van der Waals surface area contributed by atoms with Crippen molar-refractivity contribution in [1.29, 1.82) is 0 Å². The summed E-state index contributed by atoms with van der Waals surface area (Å²) >= 11 is 0. The molecular weight excluding hydrogens is 146 g/mol. The maximum absolute atomic E-state index is 3.75. The zero-order valence-corrected chi connectivity index (χ0v) is 7.55. The highest BCUT2D eigenvalue weighted by Gasteiger charge is 2.10. The van der Waals surface area contributed by atoms with Gasteiger partial charge in [0, 0.05) is 18.2 Å². The average Bonchev–Trinajstić information content (AvgIpc) is 2.06. The van der Waals surface area contributed by atoms with Crippen LogP contribution in [0, 0.1) is 0 Å². The van der Waals surface area contributed by atoms with Crippen molar-refractivity contribution in [3.63, 3.8) is 0 Å². The maximum Gasteiger partial charge on any atom is 0.0295 e. The summed E-state index contributed by atoms with van der Waals surface area (Å²) in [6.45, 7) is 7.47. The molecule has 0 radical (unpaired) electrons. The largest absolute Gasteiger partial charge is 0.385 e. The van der Waals surface area contributed by atoms with E-state index in [9.17, 15) is 0 Å². The van der Waals surface area contributed by atoms with E-state index >= 15 is 0 Å². The molecule has 1 heterocycles. The van der Waals surface area contributed by atoms with E-state index in [4.69, 9.17) is 0 Å². The monoisotopic (exact) mass is 163 g/mol. The minimum Gasteiger partial charge on any atom is -0.385 e. The van der Waals surface area contributed by atoms with Gasteiger partial charge in [-0.1, -0.05) is 18.2 Å². The number of allylic oxidation sites excluding steroid dienone is 2. The summed E-state index contributed by atoms with van der Waals surface area (Å²) < 4.78 is 0. The van der Waals surface area contributed by atoms with Gasteiger partial charge in [0.05, 0.1) is 0 Å². The highest BCUT2D eigenvalue weighted by atomic mass is 14.9. The second-order valence-corrected chi connectivity index (χ2v) is 3.17. The van der Waals surface area contributed by atoms with Crippen molar-refractivity contribution in [2.75, 3.05) is 0 Å². The summed E-state index contributed by atoms with van der Waals surface area (Å²) in [6.07, 6.45) is 10.6. The van der Waals surface area contributed by atoms with Crippen LogP contribution in [0.5, 0.6) is 0 Å². The maximum atomic E-state index is 3.75. The highest BCUT2D eigenvalue weighted by Crippen LogP contribution is 2.14. The molecule has 66 valence electrons. The smallest absolute Gasteiger partial charge is 0.0295 e. The molecule has 1 atom stereocenters. The summed E-state index contributed by atoms with van der Waals surface area (Å²) in [5, 5.41) is 3.47. The van der Waals surface area contributed by atoms with Crippen LogP contribution in [0.4, 0.5) is 0 Å². The van der Waals surface area contributed by atoms with Crippen molar-refractivity contribution in [3.05, 3.63) is 37.1 Å². The van der Waals surface area contributed by atoms with E-state index in [1.165, 1.54) is 18.5 Å². The molecule has 12 heavy (non-hydrogen) atoms. The van der Waals surface area contributed by atoms with Gasteiger partial charge in [0.2, 0.25) is 0 Å². The molecule has 0 saturated carbocycles. The van der Waals surface area contributed by atoms with Gasteiger partial charge in [-0.3, -0.25) is 0 Å². The van der Waals surface area contributed by atoms with Gasteiger partial charge in [0.1, 0.15) is 0 Å². The molecular formula is C11H17N. The van der Waals surface area contributed by atoms with Crippen molar-refractivity contribution in [2.45, 2.75) is 31.7 Å². The van der Waals surface area contributed by atoms with Crippen molar-refractivity contribution < 1.29 is 0 Å². The number of nitrogens with one attached hydrogen (secondary N) is 1. The first-order chi connectivity index (χ1) is 5.86. The van der Waals surface area contributed by atoms with Crippen LogP contribution < -0.4 is 5.32 Å². The topological polar surface area (TPSA) is 12.0 Å². The molecule has 1 N–H and O–H groups in total. The minimum absolute atomic E-state index is 0.599. The standard InChI is InChI=1S/C11H17N/c1-3-6-10-8-5-9-11(12-10)7-4-2/h3-4,8,11-12H,1-2,5-7,9H2. The van der Waals surface area contributed by atoms with Gasteiger partial charge >= 0.3 is 0 Å². The predicted octanol–water partition coefficient (Wildman–Crippen LogP) is 2.77. The molecule has 0 aliphatic carbocycles. The van der Waals surface area contributed by atoms with E-state index in [0.717, 1.165) is 12.8 Å². The molecule has 1 aliphatic heterocycles. The lowest BCUT2D eigenvalue weighted by Crippen LogP contribution is -2.30. The highest BCUT2D eigenvalue weighted by molar-refractivity contribution is 5.09. The first-order valence-corrected chi connectivity index (χ1v) is 4.54. The van der Waals surface area contributed by atoms with Crippen LogP contribution in [0.1, 0.15) is 25.7 Å². The summed E-state index contributed by atoms with van der Waals surface area (Å²) in [5.74, 6) is 0. The third-order valence-corrected chi connectivity index (χ3v) is 2.11. The molecule has 0 saturated heterocycles. The van der Waals surface area contributed by atoms with Gasteiger partial charge in [0.15, 0.2) is 0 Å². The van der Waals surface area contributed by atoms with Crippen LogP contribution >= 0.6 is 0 Å². The normalized spacial score (nSPS) is 22.3. The molecule has 0 spiro atoms. The molecule has 1 heteroatoms. The third-order valence-electron chi connectivity index (χ3n) is 2.11. The third kappa shape index (κ3) is 2.57. The van der Waals surface area contributed by atoms with Gasteiger partial charge in [-0.15, -0.1) is 13.2 Å². The van der Waals surface area contributed by atoms with Crippen LogP contribution in [0.15, 0.2) is 37.1 Å². The Labute approximate surface area is 74.9 Å². The minimum atomic E-state index is 0.599. The van der Waals surface area contributed by atoms with E-state index < -0.39 is 0 Å². The lowest BCUT2D eigenvalue weighted by Gasteiger charge is -2.24. The van der Waals surface area contributed by atoms with Gasteiger partial charge in [0.25, 0.3) is 0 Å². The fourth-order valence-electron chi connectivity index (χ4n) is 1.53. The van der Waals surface area contributed by atoms with Crippen molar-refractivity contribution in [2.24, 2.45) is 0 Å². The Morgan fingerprint density at radius 2 is 2.33 bits per heavy atom. The predicted molar refractivity (Wildman–Crippen MR) is 53.9 cm³/mol. The van der Waals surface area contributed by atoms with E-state index in [1.807, 2.05) is 12.2 Å². The second kappa shape index (κ2) is 4.81. The Bertz CT molecular complexity index is 191. The first kappa shape index (κ1) is 9.11. The quantitative estimate of drug-likeness (QED) is 0.628. The van der Waals surface area contributed by atoms with Crippen LogP contribution in [-0.2, 0) is 0 Å². The molecule has 0 aromatic carbocycles. The fraction of sp³-hybridized carbons (Fsp3) is 0.455. The molecule has 1 rings (SSSR count). The molecule has 0 fully saturated rings. The van der Waals surface area contributed by atoms with E-state index in [2.05, 4.69) is 24.6 Å². The molecule has 0 bridgehead atoms. The van der Waals surface area contributed by atoms with Gasteiger partial charge in [-0.25, -0.2) is 0 Å². The molecule has 1 nitrogen and oxygen atoms in total. The zero-order chi connectivity index (χ0) is 8.81. The summed E-state index contributed by atoms with van der Waals surface area (Å²) in [7, 11) is 0.